The fourth-order valence-electron chi connectivity index (χ4n) is 6.34. The number of thioether (sulfide) groups is 1. The minimum atomic E-state index is -0.344. The van der Waals surface area contributed by atoms with Crippen LogP contribution in [0.4, 0.5) is 0 Å². The fraction of sp³-hybridized carbons (Fsp3) is 0.333. The Morgan fingerprint density at radius 3 is 1.59 bits per heavy atom. The van der Waals surface area contributed by atoms with Crippen LogP contribution in [0, 0.1) is 0 Å². The van der Waals surface area contributed by atoms with E-state index in [9.17, 15) is 0 Å². The largest absolute Gasteiger partial charge is 0.508 e. The summed E-state index contributed by atoms with van der Waals surface area (Å²) < 4.78 is 12.4. The third-order valence-electron chi connectivity index (χ3n) is 9.97. The van der Waals surface area contributed by atoms with Crippen molar-refractivity contribution >= 4 is 11.8 Å². The van der Waals surface area contributed by atoms with E-state index >= 15 is 0 Å². The lowest BCUT2D eigenvalue weighted by molar-refractivity contribution is -0.0945. The second kappa shape index (κ2) is 17.1. The van der Waals surface area contributed by atoms with Crippen molar-refractivity contribution in [2.75, 3.05) is 0 Å². The maximum Gasteiger partial charge on any atom is 0.198 e. The van der Waals surface area contributed by atoms with E-state index in [0.29, 0.717) is 17.6 Å². The van der Waals surface area contributed by atoms with E-state index in [1.807, 2.05) is 43.0 Å². The summed E-state index contributed by atoms with van der Waals surface area (Å²) in [7, 11) is 0. The van der Waals surface area contributed by atoms with Crippen LogP contribution < -0.4 is 4.74 Å². The minimum Gasteiger partial charge on any atom is -0.508 e. The molecule has 0 saturated carbocycles. The number of aromatic hydroxyl groups is 1. The van der Waals surface area contributed by atoms with Gasteiger partial charge in [0.05, 0.1) is 0 Å². The smallest absolute Gasteiger partial charge is 0.198 e. The zero-order valence-electron chi connectivity index (χ0n) is 30.1. The lowest BCUT2D eigenvalue weighted by atomic mass is 9.99. The number of rotatable bonds is 8. The molecule has 49 heavy (non-hydrogen) atoms. The number of ether oxygens (including phenoxy) is 2. The molecule has 2 aliphatic rings. The van der Waals surface area contributed by atoms with Crippen molar-refractivity contribution < 1.29 is 14.6 Å². The van der Waals surface area contributed by atoms with E-state index in [-0.39, 0.29) is 12.4 Å². The predicted molar refractivity (Wildman–Crippen MR) is 207 cm³/mol. The summed E-state index contributed by atoms with van der Waals surface area (Å²) in [6.07, 6.45) is 1.85. The maximum atomic E-state index is 9.01. The normalized spacial score (nSPS) is 17.6. The molecule has 1 aliphatic heterocycles. The van der Waals surface area contributed by atoms with Crippen molar-refractivity contribution in [3.8, 4) is 22.6 Å². The summed E-state index contributed by atoms with van der Waals surface area (Å²) in [5.74, 6) is 3.08. The average Bonchev–Trinajstić information content (AvgIpc) is 3.61. The van der Waals surface area contributed by atoms with E-state index < -0.39 is 0 Å². The quantitative estimate of drug-likeness (QED) is 0.167. The summed E-state index contributed by atoms with van der Waals surface area (Å²) in [6.45, 7) is 15.4. The van der Waals surface area contributed by atoms with Gasteiger partial charge in [0.2, 0.25) is 0 Å². The zero-order valence-corrected chi connectivity index (χ0v) is 30.9. The number of hydrogen-bond acceptors (Lipinski definition) is 4. The van der Waals surface area contributed by atoms with Crippen molar-refractivity contribution in [1.82, 2.24) is 0 Å². The van der Waals surface area contributed by atoms with Gasteiger partial charge in [0.25, 0.3) is 0 Å². The second-order valence-electron chi connectivity index (χ2n) is 13.3. The van der Waals surface area contributed by atoms with Gasteiger partial charge < -0.3 is 14.6 Å². The molecule has 0 radical (unpaired) electrons. The van der Waals surface area contributed by atoms with E-state index in [0.717, 1.165) is 29.8 Å². The lowest BCUT2D eigenvalue weighted by Crippen LogP contribution is -2.19. The van der Waals surface area contributed by atoms with Gasteiger partial charge in [-0.05, 0) is 107 Å². The number of benzene rings is 5. The van der Waals surface area contributed by atoms with Crippen LogP contribution in [0.5, 0.6) is 11.5 Å². The van der Waals surface area contributed by atoms with Crippen LogP contribution in [0.15, 0.2) is 126 Å². The summed E-state index contributed by atoms with van der Waals surface area (Å²) in [6, 6.07) is 41.4. The molecule has 0 bridgehead atoms. The standard InChI is InChI=1S/C25H26O2.C10H14O.C10H12S/c1-4-17(2)19-13-15-20(16-14-19)26-18(3)27-25-23-11-7-5-9-21(23)22-10-6-8-12-24(22)25;1-3-8(2)9-4-6-10(11)7-5-9;1-7-8(2)11-10-6-4-3-5-9(7)10/h5-18,25H,4H2,1-3H3;4-8,11H,3H2,1-2H3;3-8H,1-2H3. The summed E-state index contributed by atoms with van der Waals surface area (Å²) in [4.78, 5) is 1.48. The number of phenols is 1. The predicted octanol–water partition coefficient (Wildman–Crippen LogP) is 12.9. The Hall–Kier alpha value is -3.99. The maximum absolute atomic E-state index is 9.01. The number of hydrogen-bond donors (Lipinski definition) is 1. The van der Waals surface area contributed by atoms with Crippen LogP contribution in [0.1, 0.15) is 113 Å². The molecule has 5 atom stereocenters. The fourth-order valence-corrected chi connectivity index (χ4v) is 7.63. The molecule has 256 valence electrons. The summed E-state index contributed by atoms with van der Waals surface area (Å²) in [5.41, 5.74) is 9.10. The van der Waals surface area contributed by atoms with Gasteiger partial charge >= 0.3 is 0 Å². The zero-order chi connectivity index (χ0) is 34.9. The molecule has 1 heterocycles. The van der Waals surface area contributed by atoms with Gasteiger partial charge in [-0.1, -0.05) is 133 Å². The highest BCUT2D eigenvalue weighted by molar-refractivity contribution is 8.00. The lowest BCUT2D eigenvalue weighted by Gasteiger charge is -2.22. The molecule has 0 amide bonds. The van der Waals surface area contributed by atoms with E-state index in [1.165, 1.54) is 43.8 Å². The molecular formula is C45H52O3S. The van der Waals surface area contributed by atoms with Crippen LogP contribution in [0.3, 0.4) is 0 Å². The summed E-state index contributed by atoms with van der Waals surface area (Å²) >= 11 is 2.00. The molecule has 5 unspecified atom stereocenters. The molecule has 3 nitrogen and oxygen atoms in total. The van der Waals surface area contributed by atoms with Crippen molar-refractivity contribution in [2.24, 2.45) is 0 Å². The highest BCUT2D eigenvalue weighted by atomic mass is 32.2. The Kier molecular flexibility index (Phi) is 12.7. The van der Waals surface area contributed by atoms with E-state index in [1.54, 1.807) is 12.1 Å². The van der Waals surface area contributed by atoms with E-state index in [2.05, 4.69) is 126 Å². The first-order chi connectivity index (χ1) is 23.7. The topological polar surface area (TPSA) is 38.7 Å². The molecule has 1 aliphatic carbocycles. The molecule has 1 N–H and O–H groups in total. The van der Waals surface area contributed by atoms with Crippen LogP contribution in [0.2, 0.25) is 0 Å². The molecule has 4 heteroatoms. The first-order valence-corrected chi connectivity index (χ1v) is 18.7. The molecular weight excluding hydrogens is 621 g/mol. The first-order valence-electron chi connectivity index (χ1n) is 17.8. The SMILES string of the molecule is CC1Sc2ccccc2C1C.CCC(C)c1ccc(O)cc1.CCC(C)c1ccc(OC(C)OC2c3ccccc3-c3ccccc32)cc1. The average molecular weight is 673 g/mol. The molecule has 0 spiro atoms. The monoisotopic (exact) mass is 672 g/mol. The molecule has 5 aromatic rings. The van der Waals surface area contributed by atoms with Crippen molar-refractivity contribution in [1.29, 1.82) is 0 Å². The van der Waals surface area contributed by atoms with Crippen molar-refractivity contribution in [2.45, 2.75) is 102 Å². The number of phenolic OH excluding ortho intramolecular Hbond substituents is 1. The molecule has 0 aromatic heterocycles. The van der Waals surface area contributed by atoms with Crippen LogP contribution in [-0.2, 0) is 4.74 Å². The Balaban J connectivity index is 0.000000174. The molecule has 0 fully saturated rings. The minimum absolute atomic E-state index is 0.0909. The second-order valence-corrected chi connectivity index (χ2v) is 14.7. The van der Waals surface area contributed by atoms with Crippen LogP contribution in [0.25, 0.3) is 11.1 Å². The van der Waals surface area contributed by atoms with E-state index in [4.69, 9.17) is 14.6 Å². The van der Waals surface area contributed by atoms with Gasteiger partial charge in [0.15, 0.2) is 6.29 Å². The van der Waals surface area contributed by atoms with Gasteiger partial charge in [0, 0.05) is 10.1 Å². The Labute approximate surface area is 298 Å². The van der Waals surface area contributed by atoms with Gasteiger partial charge in [-0.25, -0.2) is 0 Å². The third kappa shape index (κ3) is 8.98. The van der Waals surface area contributed by atoms with Crippen molar-refractivity contribution in [3.63, 3.8) is 0 Å². The molecule has 7 rings (SSSR count). The third-order valence-corrected chi connectivity index (χ3v) is 11.4. The van der Waals surface area contributed by atoms with Gasteiger partial charge in [0.1, 0.15) is 17.6 Å². The van der Waals surface area contributed by atoms with Crippen molar-refractivity contribution in [3.05, 3.63) is 149 Å². The number of fused-ring (bicyclic) bond motifs is 4. The highest BCUT2D eigenvalue weighted by Crippen LogP contribution is 2.46. The first kappa shape index (κ1) is 36.3. The summed E-state index contributed by atoms with van der Waals surface area (Å²) in [5, 5.41) is 9.77. The van der Waals surface area contributed by atoms with Crippen LogP contribution in [-0.4, -0.2) is 16.6 Å². The highest BCUT2D eigenvalue weighted by Gasteiger charge is 2.30. The Morgan fingerprint density at radius 2 is 1.08 bits per heavy atom. The van der Waals surface area contributed by atoms with Gasteiger partial charge in [-0.3, -0.25) is 0 Å². The Bertz CT molecular complexity index is 1720. The Morgan fingerprint density at radius 1 is 0.612 bits per heavy atom. The molecule has 0 saturated heterocycles. The van der Waals surface area contributed by atoms with Gasteiger partial charge in [-0.15, -0.1) is 11.8 Å². The van der Waals surface area contributed by atoms with Crippen LogP contribution >= 0.6 is 11.8 Å². The molecule has 5 aromatic carbocycles. The van der Waals surface area contributed by atoms with Gasteiger partial charge in [-0.2, -0.15) is 0 Å².